The van der Waals surface area contributed by atoms with Crippen LogP contribution in [0.25, 0.3) is 0 Å². The lowest BCUT2D eigenvalue weighted by Crippen LogP contribution is -2.47. The van der Waals surface area contributed by atoms with Crippen LogP contribution in [-0.4, -0.2) is 60.3 Å². The molecule has 0 aromatic carbocycles. The Kier molecular flexibility index (Phi) is 4.90. The van der Waals surface area contributed by atoms with Gasteiger partial charge < -0.3 is 9.64 Å². The van der Waals surface area contributed by atoms with Crippen molar-refractivity contribution in [3.05, 3.63) is 18.6 Å². The van der Waals surface area contributed by atoms with E-state index in [1.165, 1.54) is 0 Å². The highest BCUT2D eigenvalue weighted by atomic mass is 16.5. The third kappa shape index (κ3) is 3.92. The summed E-state index contributed by atoms with van der Waals surface area (Å²) in [6.07, 6.45) is 5.62. The summed E-state index contributed by atoms with van der Waals surface area (Å²) in [5.74, 6) is 0.982. The maximum atomic E-state index is 5.58. The Bertz CT molecular complexity index is 336. The molecule has 1 fully saturated rings. The molecular formula is C13H22N4O. The number of rotatable bonds is 5. The molecule has 1 aliphatic heterocycles. The van der Waals surface area contributed by atoms with Gasteiger partial charge >= 0.3 is 0 Å². The number of hydrogen-bond acceptors (Lipinski definition) is 5. The van der Waals surface area contributed by atoms with Gasteiger partial charge in [0.2, 0.25) is 0 Å². The molecule has 1 aliphatic rings. The van der Waals surface area contributed by atoms with Gasteiger partial charge in [0.1, 0.15) is 5.82 Å². The number of aromatic nitrogens is 2. The van der Waals surface area contributed by atoms with Gasteiger partial charge in [0.05, 0.1) is 18.9 Å². The zero-order valence-electron chi connectivity index (χ0n) is 11.2. The molecular weight excluding hydrogens is 228 g/mol. The van der Waals surface area contributed by atoms with Gasteiger partial charge in [0.15, 0.2) is 0 Å². The second-order valence-electron chi connectivity index (χ2n) is 4.81. The average Bonchev–Trinajstić information content (AvgIpc) is 2.40. The maximum Gasteiger partial charge on any atom is 0.147 e. The van der Waals surface area contributed by atoms with Gasteiger partial charge in [-0.3, -0.25) is 9.88 Å². The molecule has 5 heteroatoms. The topological polar surface area (TPSA) is 41.5 Å². The number of anilines is 1. The fourth-order valence-electron chi connectivity index (χ4n) is 2.07. The third-order valence-corrected chi connectivity index (χ3v) is 3.10. The van der Waals surface area contributed by atoms with Crippen LogP contribution in [0.1, 0.15) is 13.8 Å². The van der Waals surface area contributed by atoms with E-state index < -0.39 is 0 Å². The van der Waals surface area contributed by atoms with Gasteiger partial charge in [-0.2, -0.15) is 0 Å². The molecule has 0 unspecified atom stereocenters. The van der Waals surface area contributed by atoms with E-state index in [9.17, 15) is 0 Å². The van der Waals surface area contributed by atoms with Crippen LogP contribution in [0, 0.1) is 0 Å². The summed E-state index contributed by atoms with van der Waals surface area (Å²) in [6, 6.07) is 0. The predicted octanol–water partition coefficient (Wildman–Crippen LogP) is 1.02. The summed E-state index contributed by atoms with van der Waals surface area (Å²) in [6.45, 7) is 10.2. The molecule has 0 aliphatic carbocycles. The van der Waals surface area contributed by atoms with Crippen molar-refractivity contribution in [2.75, 3.05) is 44.2 Å². The summed E-state index contributed by atoms with van der Waals surface area (Å²) in [4.78, 5) is 13.2. The predicted molar refractivity (Wildman–Crippen MR) is 71.8 cm³/mol. The summed E-state index contributed by atoms with van der Waals surface area (Å²) in [7, 11) is 0. The van der Waals surface area contributed by atoms with Crippen LogP contribution in [0.2, 0.25) is 0 Å². The second kappa shape index (κ2) is 6.66. The van der Waals surface area contributed by atoms with Gasteiger partial charge in [-0.05, 0) is 13.8 Å². The summed E-state index contributed by atoms with van der Waals surface area (Å²) < 4.78 is 5.58. The molecule has 0 atom stereocenters. The molecule has 0 bridgehead atoms. The first-order valence-electron chi connectivity index (χ1n) is 6.60. The highest BCUT2D eigenvalue weighted by Crippen LogP contribution is 2.11. The minimum atomic E-state index is 0.325. The molecule has 5 nitrogen and oxygen atoms in total. The largest absolute Gasteiger partial charge is 0.377 e. The number of nitrogens with zero attached hydrogens (tertiary/aromatic N) is 4. The first-order chi connectivity index (χ1) is 8.75. The van der Waals surface area contributed by atoms with Crippen molar-refractivity contribution < 1.29 is 4.74 Å². The van der Waals surface area contributed by atoms with Crippen molar-refractivity contribution in [1.29, 1.82) is 0 Å². The third-order valence-electron chi connectivity index (χ3n) is 3.10. The van der Waals surface area contributed by atoms with Crippen molar-refractivity contribution >= 4 is 5.82 Å². The monoisotopic (exact) mass is 250 g/mol. The molecule has 2 rings (SSSR count). The van der Waals surface area contributed by atoms with Crippen molar-refractivity contribution in [3.8, 4) is 0 Å². The standard InChI is InChI=1S/C13H22N4O/c1-12(2)18-10-9-16-5-7-17(8-6-16)13-11-14-3-4-15-13/h3-4,11-12H,5-10H2,1-2H3. The van der Waals surface area contributed by atoms with Gasteiger partial charge in [0.25, 0.3) is 0 Å². The number of piperazine rings is 1. The van der Waals surface area contributed by atoms with Crippen LogP contribution >= 0.6 is 0 Å². The van der Waals surface area contributed by atoms with E-state index in [1.807, 2.05) is 6.20 Å². The lowest BCUT2D eigenvalue weighted by molar-refractivity contribution is 0.0578. The average molecular weight is 250 g/mol. The number of hydrogen-bond donors (Lipinski definition) is 0. The summed E-state index contributed by atoms with van der Waals surface area (Å²) in [5, 5.41) is 0. The minimum Gasteiger partial charge on any atom is -0.377 e. The van der Waals surface area contributed by atoms with E-state index in [0.717, 1.165) is 45.1 Å². The van der Waals surface area contributed by atoms with Gasteiger partial charge in [-0.15, -0.1) is 0 Å². The zero-order chi connectivity index (χ0) is 12.8. The second-order valence-corrected chi connectivity index (χ2v) is 4.81. The van der Waals surface area contributed by atoms with Gasteiger partial charge in [-0.25, -0.2) is 4.98 Å². The first-order valence-corrected chi connectivity index (χ1v) is 6.60. The van der Waals surface area contributed by atoms with E-state index in [1.54, 1.807) is 12.4 Å². The molecule has 2 heterocycles. The molecule has 0 radical (unpaired) electrons. The molecule has 18 heavy (non-hydrogen) atoms. The van der Waals surface area contributed by atoms with E-state index in [2.05, 4.69) is 33.6 Å². The van der Waals surface area contributed by atoms with Crippen LogP contribution in [-0.2, 0) is 4.74 Å². The fraction of sp³-hybridized carbons (Fsp3) is 0.692. The van der Waals surface area contributed by atoms with E-state index in [-0.39, 0.29) is 0 Å². The Hall–Kier alpha value is -1.20. The lowest BCUT2D eigenvalue weighted by atomic mass is 10.3. The van der Waals surface area contributed by atoms with Crippen LogP contribution in [0.3, 0.4) is 0 Å². The quantitative estimate of drug-likeness (QED) is 0.780. The lowest BCUT2D eigenvalue weighted by Gasteiger charge is -2.35. The van der Waals surface area contributed by atoms with E-state index in [0.29, 0.717) is 6.10 Å². The molecule has 0 saturated carbocycles. The van der Waals surface area contributed by atoms with Crippen molar-refractivity contribution in [2.24, 2.45) is 0 Å². The molecule has 0 amide bonds. The normalized spacial score (nSPS) is 17.4. The zero-order valence-corrected chi connectivity index (χ0v) is 11.2. The first kappa shape index (κ1) is 13.2. The smallest absolute Gasteiger partial charge is 0.147 e. The number of ether oxygens (including phenoxy) is 1. The Labute approximate surface area is 109 Å². The van der Waals surface area contributed by atoms with Crippen LogP contribution in [0.5, 0.6) is 0 Å². The molecule has 1 aromatic heterocycles. The van der Waals surface area contributed by atoms with Crippen LogP contribution < -0.4 is 4.90 Å². The van der Waals surface area contributed by atoms with Gasteiger partial charge in [-0.1, -0.05) is 0 Å². The Morgan fingerprint density at radius 1 is 1.22 bits per heavy atom. The Balaban J connectivity index is 1.71. The fourth-order valence-corrected chi connectivity index (χ4v) is 2.07. The summed E-state index contributed by atoms with van der Waals surface area (Å²) in [5.41, 5.74) is 0. The molecule has 100 valence electrons. The highest BCUT2D eigenvalue weighted by Gasteiger charge is 2.17. The van der Waals surface area contributed by atoms with Crippen molar-refractivity contribution in [1.82, 2.24) is 14.9 Å². The van der Waals surface area contributed by atoms with Gasteiger partial charge in [0, 0.05) is 45.1 Å². The Morgan fingerprint density at radius 3 is 2.61 bits per heavy atom. The van der Waals surface area contributed by atoms with E-state index >= 15 is 0 Å². The Morgan fingerprint density at radius 2 is 2.00 bits per heavy atom. The minimum absolute atomic E-state index is 0.325. The molecule has 1 saturated heterocycles. The molecule has 1 aromatic rings. The van der Waals surface area contributed by atoms with Crippen LogP contribution in [0.15, 0.2) is 18.6 Å². The van der Waals surface area contributed by atoms with E-state index in [4.69, 9.17) is 4.74 Å². The van der Waals surface area contributed by atoms with Crippen LogP contribution in [0.4, 0.5) is 5.82 Å². The molecule has 0 spiro atoms. The highest BCUT2D eigenvalue weighted by molar-refractivity contribution is 5.35. The summed E-state index contributed by atoms with van der Waals surface area (Å²) >= 11 is 0. The SMILES string of the molecule is CC(C)OCCN1CCN(c2cnccn2)CC1. The van der Waals surface area contributed by atoms with Crippen molar-refractivity contribution in [3.63, 3.8) is 0 Å². The van der Waals surface area contributed by atoms with Crippen molar-refractivity contribution in [2.45, 2.75) is 20.0 Å². The molecule has 0 N–H and O–H groups in total. The maximum absolute atomic E-state index is 5.58.